The maximum Gasteiger partial charge on any atom is 0.339 e. The molecule has 0 aromatic heterocycles. The number of hydrogen-bond donors (Lipinski definition) is 0. The molecule has 2 aromatic rings. The summed E-state index contributed by atoms with van der Waals surface area (Å²) in [5.74, 6) is -1.95. The maximum atomic E-state index is 12.5. The smallest absolute Gasteiger partial charge is 0.339 e. The second-order valence-corrected chi connectivity index (χ2v) is 5.40. The van der Waals surface area contributed by atoms with Gasteiger partial charge in [0.15, 0.2) is 6.61 Å². The SMILES string of the molecule is COC(=O)c1ccccc1C(=O)OCC(=O)N(CCC#N)c1ccccc1. The van der Waals surface area contributed by atoms with Crippen molar-refractivity contribution in [2.75, 3.05) is 25.2 Å². The molecule has 2 aromatic carbocycles. The third-order valence-corrected chi connectivity index (χ3v) is 3.70. The summed E-state index contributed by atoms with van der Waals surface area (Å²) >= 11 is 0. The summed E-state index contributed by atoms with van der Waals surface area (Å²) in [5.41, 5.74) is 0.672. The molecule has 0 saturated carbocycles. The number of carbonyl (C=O) groups excluding carboxylic acids is 3. The number of esters is 2. The first-order valence-electron chi connectivity index (χ1n) is 8.15. The molecule has 2 rings (SSSR count). The van der Waals surface area contributed by atoms with Gasteiger partial charge in [-0.3, -0.25) is 4.79 Å². The molecular weight excluding hydrogens is 348 g/mol. The minimum absolute atomic E-state index is 0.0143. The Morgan fingerprint density at radius 3 is 2.15 bits per heavy atom. The molecule has 0 atom stereocenters. The number of rotatable bonds is 7. The van der Waals surface area contributed by atoms with Crippen molar-refractivity contribution in [3.8, 4) is 6.07 Å². The number of hydrogen-bond acceptors (Lipinski definition) is 6. The van der Waals surface area contributed by atoms with Gasteiger partial charge in [0, 0.05) is 12.2 Å². The zero-order valence-corrected chi connectivity index (χ0v) is 14.8. The fourth-order valence-electron chi connectivity index (χ4n) is 2.40. The van der Waals surface area contributed by atoms with Crippen LogP contribution in [0.2, 0.25) is 0 Å². The summed E-state index contributed by atoms with van der Waals surface area (Å²) in [5, 5.41) is 8.80. The van der Waals surface area contributed by atoms with E-state index in [-0.39, 0.29) is 24.1 Å². The van der Waals surface area contributed by atoms with Crippen LogP contribution in [-0.4, -0.2) is 38.1 Å². The molecule has 7 nitrogen and oxygen atoms in total. The van der Waals surface area contributed by atoms with Crippen LogP contribution in [0.3, 0.4) is 0 Å². The predicted octanol–water partition coefficient (Wildman–Crippen LogP) is 2.58. The number of nitriles is 1. The molecule has 0 aliphatic rings. The van der Waals surface area contributed by atoms with Crippen molar-refractivity contribution >= 4 is 23.5 Å². The minimum Gasteiger partial charge on any atom is -0.465 e. The van der Waals surface area contributed by atoms with Crippen molar-refractivity contribution in [1.82, 2.24) is 0 Å². The largest absolute Gasteiger partial charge is 0.465 e. The third-order valence-electron chi connectivity index (χ3n) is 3.70. The van der Waals surface area contributed by atoms with Gasteiger partial charge in [-0.2, -0.15) is 5.26 Å². The number of para-hydroxylation sites is 1. The lowest BCUT2D eigenvalue weighted by Gasteiger charge is -2.21. The van der Waals surface area contributed by atoms with E-state index < -0.39 is 24.5 Å². The number of anilines is 1. The first-order chi connectivity index (χ1) is 13.1. The molecule has 0 heterocycles. The molecule has 1 amide bonds. The number of methoxy groups -OCH3 is 1. The number of amides is 1. The Bertz CT molecular complexity index is 858. The molecule has 0 spiro atoms. The Morgan fingerprint density at radius 2 is 1.56 bits per heavy atom. The lowest BCUT2D eigenvalue weighted by Crippen LogP contribution is -2.35. The molecular formula is C20H18N2O5. The van der Waals surface area contributed by atoms with Crippen LogP contribution in [0.25, 0.3) is 0 Å². The lowest BCUT2D eigenvalue weighted by atomic mass is 10.1. The summed E-state index contributed by atoms with van der Waals surface area (Å²) in [6, 6.07) is 16.8. The number of benzene rings is 2. The van der Waals surface area contributed by atoms with Gasteiger partial charge in [-0.05, 0) is 24.3 Å². The molecule has 27 heavy (non-hydrogen) atoms. The van der Waals surface area contributed by atoms with Crippen molar-refractivity contribution in [3.63, 3.8) is 0 Å². The van der Waals surface area contributed by atoms with E-state index in [1.54, 1.807) is 42.5 Å². The highest BCUT2D eigenvalue weighted by molar-refractivity contribution is 6.04. The van der Waals surface area contributed by atoms with Crippen molar-refractivity contribution in [1.29, 1.82) is 5.26 Å². The molecule has 0 fully saturated rings. The topological polar surface area (TPSA) is 96.7 Å². The highest BCUT2D eigenvalue weighted by Crippen LogP contribution is 2.15. The number of ether oxygens (including phenoxy) is 2. The minimum atomic E-state index is -0.808. The molecule has 0 bridgehead atoms. The average molecular weight is 366 g/mol. The van der Waals surface area contributed by atoms with E-state index in [0.29, 0.717) is 5.69 Å². The van der Waals surface area contributed by atoms with Gasteiger partial charge in [-0.15, -0.1) is 0 Å². The molecule has 0 unspecified atom stereocenters. The number of nitrogens with zero attached hydrogens (tertiary/aromatic N) is 2. The van der Waals surface area contributed by atoms with Crippen LogP contribution in [0, 0.1) is 11.3 Å². The highest BCUT2D eigenvalue weighted by atomic mass is 16.5. The lowest BCUT2D eigenvalue weighted by molar-refractivity contribution is -0.121. The first-order valence-corrected chi connectivity index (χ1v) is 8.15. The summed E-state index contributed by atoms with van der Waals surface area (Å²) < 4.78 is 9.73. The standard InChI is InChI=1S/C20H18N2O5/c1-26-19(24)16-10-5-6-11-17(16)20(25)27-14-18(23)22(13-7-12-21)15-8-3-2-4-9-15/h2-6,8-11H,7,13-14H2,1H3. The Kier molecular flexibility index (Phi) is 7.08. The predicted molar refractivity (Wildman–Crippen MR) is 97.1 cm³/mol. The van der Waals surface area contributed by atoms with Crippen molar-refractivity contribution in [2.45, 2.75) is 6.42 Å². The van der Waals surface area contributed by atoms with Gasteiger partial charge in [0.1, 0.15) is 0 Å². The second-order valence-electron chi connectivity index (χ2n) is 5.40. The Balaban J connectivity index is 2.10. The van der Waals surface area contributed by atoms with Crippen LogP contribution in [0.1, 0.15) is 27.1 Å². The molecule has 0 N–H and O–H groups in total. The fourth-order valence-corrected chi connectivity index (χ4v) is 2.40. The summed E-state index contributed by atoms with van der Waals surface area (Å²) in [4.78, 5) is 37.9. The summed E-state index contributed by atoms with van der Waals surface area (Å²) in [6.07, 6.45) is 0.139. The van der Waals surface area contributed by atoms with Crippen LogP contribution in [0.5, 0.6) is 0 Å². The number of carbonyl (C=O) groups is 3. The third kappa shape index (κ3) is 5.16. The van der Waals surface area contributed by atoms with E-state index >= 15 is 0 Å². The zero-order valence-electron chi connectivity index (χ0n) is 14.8. The quantitative estimate of drug-likeness (QED) is 0.699. The average Bonchev–Trinajstić information content (AvgIpc) is 2.72. The van der Waals surface area contributed by atoms with E-state index in [1.807, 2.05) is 6.07 Å². The van der Waals surface area contributed by atoms with Crippen molar-refractivity contribution in [3.05, 3.63) is 65.7 Å². The monoisotopic (exact) mass is 366 g/mol. The van der Waals surface area contributed by atoms with E-state index in [0.717, 1.165) is 0 Å². The summed E-state index contributed by atoms with van der Waals surface area (Å²) in [7, 11) is 1.21. The van der Waals surface area contributed by atoms with Crippen molar-refractivity contribution < 1.29 is 23.9 Å². The second kappa shape index (κ2) is 9.73. The Morgan fingerprint density at radius 1 is 0.963 bits per heavy atom. The Hall–Kier alpha value is -3.66. The van der Waals surface area contributed by atoms with Gasteiger partial charge >= 0.3 is 11.9 Å². The molecule has 0 saturated heterocycles. The van der Waals surface area contributed by atoms with E-state index in [9.17, 15) is 14.4 Å². The molecule has 0 aliphatic heterocycles. The van der Waals surface area contributed by atoms with Crippen LogP contribution in [-0.2, 0) is 14.3 Å². The fraction of sp³-hybridized carbons (Fsp3) is 0.200. The molecule has 0 radical (unpaired) electrons. The van der Waals surface area contributed by atoms with Gasteiger partial charge in [0.2, 0.25) is 0 Å². The van der Waals surface area contributed by atoms with Crippen molar-refractivity contribution in [2.24, 2.45) is 0 Å². The van der Waals surface area contributed by atoms with Gasteiger partial charge in [-0.1, -0.05) is 30.3 Å². The van der Waals surface area contributed by atoms with Crippen LogP contribution in [0.4, 0.5) is 5.69 Å². The zero-order chi connectivity index (χ0) is 19.6. The normalized spacial score (nSPS) is 9.78. The summed E-state index contributed by atoms with van der Waals surface area (Å²) in [6.45, 7) is -0.343. The molecule has 138 valence electrons. The van der Waals surface area contributed by atoms with Crippen LogP contribution >= 0.6 is 0 Å². The van der Waals surface area contributed by atoms with Gasteiger partial charge in [0.25, 0.3) is 5.91 Å². The van der Waals surface area contributed by atoms with E-state index in [4.69, 9.17) is 10.00 Å². The highest BCUT2D eigenvalue weighted by Gasteiger charge is 2.21. The first kappa shape index (κ1) is 19.7. The molecule has 0 aliphatic carbocycles. The Labute approximate surface area is 156 Å². The van der Waals surface area contributed by atoms with Crippen LogP contribution < -0.4 is 4.90 Å². The van der Waals surface area contributed by atoms with Gasteiger partial charge < -0.3 is 14.4 Å². The van der Waals surface area contributed by atoms with E-state index in [2.05, 4.69) is 4.74 Å². The maximum absolute atomic E-state index is 12.5. The van der Waals surface area contributed by atoms with Crippen LogP contribution in [0.15, 0.2) is 54.6 Å². The van der Waals surface area contributed by atoms with Gasteiger partial charge in [-0.25, -0.2) is 9.59 Å². The molecule has 7 heteroatoms. The van der Waals surface area contributed by atoms with E-state index in [1.165, 1.54) is 24.1 Å². The van der Waals surface area contributed by atoms with Gasteiger partial charge in [0.05, 0.1) is 30.7 Å².